The number of hydrogen-bond donors (Lipinski definition) is 0. The number of rotatable bonds is 4. The van der Waals surface area contributed by atoms with Crippen LogP contribution in [0.4, 0.5) is 0 Å². The Balaban J connectivity index is 1.45. The standard InChI is InChI=1S/C21H28BrN3O2/c1-17-5-2-3-10-25(17)21(27)16-23-11-13-24(14-12-23)20(26)9-8-18-6-4-7-19(22)15-18/h4,6-9,15,17H,2-3,5,10-14,16H2,1H3/b9-8+/t17-/m0/s1. The van der Waals surface area contributed by atoms with E-state index in [0.717, 1.165) is 42.5 Å². The highest BCUT2D eigenvalue weighted by Gasteiger charge is 2.26. The molecule has 2 aliphatic heterocycles. The summed E-state index contributed by atoms with van der Waals surface area (Å²) in [6, 6.07) is 8.23. The molecule has 0 spiro atoms. The lowest BCUT2D eigenvalue weighted by Crippen LogP contribution is -2.52. The summed E-state index contributed by atoms with van der Waals surface area (Å²) in [6.45, 7) is 6.36. The summed E-state index contributed by atoms with van der Waals surface area (Å²) in [5.41, 5.74) is 0.998. The van der Waals surface area contributed by atoms with Gasteiger partial charge in [-0.25, -0.2) is 0 Å². The van der Waals surface area contributed by atoms with Gasteiger partial charge in [-0.1, -0.05) is 28.1 Å². The van der Waals surface area contributed by atoms with Crippen LogP contribution in [0.2, 0.25) is 0 Å². The number of carbonyl (C=O) groups excluding carboxylic acids is 2. The van der Waals surface area contributed by atoms with Gasteiger partial charge < -0.3 is 9.80 Å². The van der Waals surface area contributed by atoms with Gasteiger partial charge in [0.2, 0.25) is 11.8 Å². The number of piperazine rings is 1. The van der Waals surface area contributed by atoms with Crippen molar-refractivity contribution in [1.82, 2.24) is 14.7 Å². The molecule has 2 amide bonds. The van der Waals surface area contributed by atoms with Gasteiger partial charge in [0.15, 0.2) is 0 Å². The molecule has 0 radical (unpaired) electrons. The Labute approximate surface area is 170 Å². The van der Waals surface area contributed by atoms with E-state index in [0.29, 0.717) is 25.7 Å². The highest BCUT2D eigenvalue weighted by Crippen LogP contribution is 2.17. The second-order valence-corrected chi connectivity index (χ2v) is 8.34. The summed E-state index contributed by atoms with van der Waals surface area (Å²) in [7, 11) is 0. The number of nitrogens with zero attached hydrogens (tertiary/aromatic N) is 3. The molecule has 5 nitrogen and oxygen atoms in total. The van der Waals surface area contributed by atoms with E-state index in [9.17, 15) is 9.59 Å². The average Bonchev–Trinajstić information content (AvgIpc) is 2.67. The first kappa shape index (κ1) is 20.1. The van der Waals surface area contributed by atoms with E-state index in [1.807, 2.05) is 40.1 Å². The Morgan fingerprint density at radius 2 is 1.93 bits per heavy atom. The fourth-order valence-corrected chi connectivity index (χ4v) is 4.18. The Kier molecular flexibility index (Phi) is 7.07. The molecule has 0 N–H and O–H groups in total. The molecular weight excluding hydrogens is 406 g/mol. The van der Waals surface area contributed by atoms with Gasteiger partial charge in [-0.2, -0.15) is 0 Å². The van der Waals surface area contributed by atoms with Crippen LogP contribution in [0.25, 0.3) is 6.08 Å². The molecule has 6 heteroatoms. The van der Waals surface area contributed by atoms with Crippen LogP contribution in [0.1, 0.15) is 31.7 Å². The lowest BCUT2D eigenvalue weighted by atomic mass is 10.0. The molecule has 0 saturated carbocycles. The van der Waals surface area contributed by atoms with Crippen LogP contribution in [0.5, 0.6) is 0 Å². The summed E-state index contributed by atoms with van der Waals surface area (Å²) in [4.78, 5) is 31.0. The molecule has 27 heavy (non-hydrogen) atoms. The number of amides is 2. The van der Waals surface area contributed by atoms with E-state index in [2.05, 4.69) is 27.8 Å². The molecule has 1 atom stereocenters. The summed E-state index contributed by atoms with van der Waals surface area (Å²) in [6.07, 6.45) is 6.93. The van der Waals surface area contributed by atoms with E-state index in [1.54, 1.807) is 6.08 Å². The maximum absolute atomic E-state index is 12.6. The van der Waals surface area contributed by atoms with E-state index in [-0.39, 0.29) is 11.8 Å². The molecule has 146 valence electrons. The molecule has 2 saturated heterocycles. The Bertz CT molecular complexity index is 698. The Morgan fingerprint density at radius 1 is 1.15 bits per heavy atom. The minimum absolute atomic E-state index is 0.0330. The predicted molar refractivity (Wildman–Crippen MR) is 111 cm³/mol. The lowest BCUT2D eigenvalue weighted by molar-refractivity contribution is -0.136. The topological polar surface area (TPSA) is 43.9 Å². The molecule has 3 rings (SSSR count). The smallest absolute Gasteiger partial charge is 0.246 e. The summed E-state index contributed by atoms with van der Waals surface area (Å²) < 4.78 is 0.999. The van der Waals surface area contributed by atoms with Crippen molar-refractivity contribution in [3.63, 3.8) is 0 Å². The third-order valence-corrected chi connectivity index (χ3v) is 5.93. The molecule has 0 aromatic heterocycles. The second kappa shape index (κ2) is 9.51. The van der Waals surface area contributed by atoms with Gasteiger partial charge in [0.05, 0.1) is 6.54 Å². The molecule has 0 unspecified atom stereocenters. The summed E-state index contributed by atoms with van der Waals surface area (Å²) in [5, 5.41) is 0. The zero-order valence-electron chi connectivity index (χ0n) is 15.9. The van der Waals surface area contributed by atoms with E-state index in [4.69, 9.17) is 0 Å². The van der Waals surface area contributed by atoms with Crippen molar-refractivity contribution < 1.29 is 9.59 Å². The largest absolute Gasteiger partial charge is 0.339 e. The van der Waals surface area contributed by atoms with Crippen LogP contribution in [-0.2, 0) is 9.59 Å². The van der Waals surface area contributed by atoms with Crippen molar-refractivity contribution >= 4 is 33.8 Å². The summed E-state index contributed by atoms with van der Waals surface area (Å²) in [5.74, 6) is 0.266. The molecule has 2 fully saturated rings. The van der Waals surface area contributed by atoms with E-state index >= 15 is 0 Å². The van der Waals surface area contributed by atoms with Gasteiger partial charge >= 0.3 is 0 Å². The van der Waals surface area contributed by atoms with Crippen LogP contribution in [0.15, 0.2) is 34.8 Å². The Hall–Kier alpha value is -1.66. The SMILES string of the molecule is C[C@H]1CCCCN1C(=O)CN1CCN(C(=O)/C=C/c2cccc(Br)c2)CC1. The summed E-state index contributed by atoms with van der Waals surface area (Å²) >= 11 is 3.44. The van der Waals surface area contributed by atoms with Crippen molar-refractivity contribution in [2.75, 3.05) is 39.3 Å². The maximum atomic E-state index is 12.6. The minimum atomic E-state index is 0.0330. The van der Waals surface area contributed by atoms with E-state index in [1.165, 1.54) is 6.42 Å². The van der Waals surface area contributed by atoms with Crippen LogP contribution < -0.4 is 0 Å². The number of halogens is 1. The lowest BCUT2D eigenvalue weighted by Gasteiger charge is -2.37. The highest BCUT2D eigenvalue weighted by atomic mass is 79.9. The van der Waals surface area contributed by atoms with Gasteiger partial charge in [0.25, 0.3) is 0 Å². The number of hydrogen-bond acceptors (Lipinski definition) is 3. The third kappa shape index (κ3) is 5.66. The van der Waals surface area contributed by atoms with Crippen LogP contribution in [0.3, 0.4) is 0 Å². The molecule has 2 heterocycles. The molecule has 0 aliphatic carbocycles. The van der Waals surface area contributed by atoms with Gasteiger partial charge in [-0.15, -0.1) is 0 Å². The van der Waals surface area contributed by atoms with Crippen LogP contribution in [0, 0.1) is 0 Å². The first-order valence-electron chi connectivity index (χ1n) is 9.77. The highest BCUT2D eigenvalue weighted by molar-refractivity contribution is 9.10. The van der Waals surface area contributed by atoms with Crippen molar-refractivity contribution in [2.24, 2.45) is 0 Å². The maximum Gasteiger partial charge on any atom is 0.246 e. The van der Waals surface area contributed by atoms with Gasteiger partial charge in [0.1, 0.15) is 0 Å². The van der Waals surface area contributed by atoms with Crippen molar-refractivity contribution in [1.29, 1.82) is 0 Å². The number of likely N-dealkylation sites (tertiary alicyclic amines) is 1. The number of benzene rings is 1. The zero-order chi connectivity index (χ0) is 19.2. The number of carbonyl (C=O) groups is 2. The quantitative estimate of drug-likeness (QED) is 0.685. The molecule has 2 aliphatic rings. The van der Waals surface area contributed by atoms with Crippen molar-refractivity contribution in [3.05, 3.63) is 40.4 Å². The van der Waals surface area contributed by atoms with E-state index < -0.39 is 0 Å². The van der Waals surface area contributed by atoms with Crippen LogP contribution >= 0.6 is 15.9 Å². The predicted octanol–water partition coefficient (Wildman–Crippen LogP) is 3.01. The van der Waals surface area contributed by atoms with Crippen molar-refractivity contribution in [3.8, 4) is 0 Å². The Morgan fingerprint density at radius 3 is 2.63 bits per heavy atom. The molecule has 0 bridgehead atoms. The molecule has 1 aromatic rings. The first-order valence-corrected chi connectivity index (χ1v) is 10.6. The second-order valence-electron chi connectivity index (χ2n) is 7.42. The zero-order valence-corrected chi connectivity index (χ0v) is 17.5. The van der Waals surface area contributed by atoms with Gasteiger partial charge in [0, 0.05) is 49.3 Å². The minimum Gasteiger partial charge on any atom is -0.339 e. The van der Waals surface area contributed by atoms with Crippen LogP contribution in [-0.4, -0.2) is 71.8 Å². The molecular formula is C21H28BrN3O2. The fourth-order valence-electron chi connectivity index (χ4n) is 3.76. The van der Waals surface area contributed by atoms with Gasteiger partial charge in [-0.3, -0.25) is 14.5 Å². The molecule has 1 aromatic carbocycles. The number of piperidine rings is 1. The van der Waals surface area contributed by atoms with Gasteiger partial charge in [-0.05, 0) is 50.0 Å². The monoisotopic (exact) mass is 433 g/mol. The fraction of sp³-hybridized carbons (Fsp3) is 0.524. The van der Waals surface area contributed by atoms with Crippen molar-refractivity contribution in [2.45, 2.75) is 32.2 Å². The average molecular weight is 434 g/mol. The third-order valence-electron chi connectivity index (χ3n) is 5.43. The first-order chi connectivity index (χ1) is 13.0. The normalized spacial score (nSPS) is 21.6.